The second-order valence-corrected chi connectivity index (χ2v) is 3.16. The molecule has 0 amide bonds. The molecule has 0 unspecified atom stereocenters. The highest BCUT2D eigenvalue weighted by Crippen LogP contribution is 2.39. The lowest BCUT2D eigenvalue weighted by Crippen LogP contribution is -2.04. The Hall–Kier alpha value is -1.84. The van der Waals surface area contributed by atoms with Gasteiger partial charge in [-0.05, 0) is 6.07 Å². The molecule has 0 aliphatic carbocycles. The first-order chi connectivity index (χ1) is 6.84. The average Bonchev–Trinajstić information content (AvgIpc) is 2.62. The lowest BCUT2D eigenvalue weighted by molar-refractivity contribution is 0.100. The minimum atomic E-state index is 0.0771. The molecule has 4 heteroatoms. The summed E-state index contributed by atoms with van der Waals surface area (Å²) in [5.74, 6) is 1.37. The van der Waals surface area contributed by atoms with Gasteiger partial charge < -0.3 is 9.47 Å². The summed E-state index contributed by atoms with van der Waals surface area (Å²) in [5, 5.41) is 0. The van der Waals surface area contributed by atoms with Crippen LogP contribution < -0.4 is 9.47 Å². The van der Waals surface area contributed by atoms with Gasteiger partial charge in [-0.1, -0.05) is 0 Å². The van der Waals surface area contributed by atoms with Crippen molar-refractivity contribution < 1.29 is 14.3 Å². The Morgan fingerprint density at radius 3 is 2.86 bits per heavy atom. The second-order valence-electron chi connectivity index (χ2n) is 3.16. The van der Waals surface area contributed by atoms with Gasteiger partial charge in [-0.25, -0.2) is 0 Å². The number of Topliss-reactive ketones (excluding diaryl/α,β-unsaturated/α-hetero) is 1. The zero-order valence-electron chi connectivity index (χ0n) is 7.32. The quantitative estimate of drug-likeness (QED) is 0.624. The van der Waals surface area contributed by atoms with Crippen LogP contribution in [-0.4, -0.2) is 18.8 Å². The van der Waals surface area contributed by atoms with Crippen molar-refractivity contribution in [2.75, 3.05) is 6.79 Å². The van der Waals surface area contributed by atoms with Crippen molar-refractivity contribution in [3.05, 3.63) is 17.7 Å². The van der Waals surface area contributed by atoms with Crippen LogP contribution in [0, 0.1) is 0 Å². The van der Waals surface area contributed by atoms with E-state index < -0.39 is 0 Å². The van der Waals surface area contributed by atoms with Crippen molar-refractivity contribution >= 4 is 17.7 Å². The molecule has 70 valence electrons. The Bertz CT molecular complexity index is 451. The third kappa shape index (κ3) is 0.937. The molecule has 0 saturated heterocycles. The van der Waals surface area contributed by atoms with Crippen LogP contribution in [-0.2, 0) is 0 Å². The van der Waals surface area contributed by atoms with E-state index in [4.69, 9.17) is 9.47 Å². The molecule has 1 aromatic carbocycles. The van der Waals surface area contributed by atoms with Gasteiger partial charge in [0.25, 0.3) is 0 Å². The molecule has 0 fully saturated rings. The number of carbonyl (C=O) groups is 1. The van der Waals surface area contributed by atoms with Gasteiger partial charge in [0.05, 0.1) is 5.69 Å². The molecule has 0 saturated carbocycles. The molecule has 2 aliphatic heterocycles. The molecule has 0 aromatic heterocycles. The molecule has 0 radical (unpaired) electrons. The smallest absolute Gasteiger partial charge is 0.231 e. The van der Waals surface area contributed by atoms with Crippen LogP contribution in [0.4, 0.5) is 5.69 Å². The van der Waals surface area contributed by atoms with Crippen LogP contribution in [0.15, 0.2) is 17.1 Å². The summed E-state index contributed by atoms with van der Waals surface area (Å²) in [4.78, 5) is 15.6. The first-order valence-corrected chi connectivity index (χ1v) is 4.34. The van der Waals surface area contributed by atoms with E-state index in [-0.39, 0.29) is 12.6 Å². The van der Waals surface area contributed by atoms with Crippen molar-refractivity contribution in [2.45, 2.75) is 6.42 Å². The van der Waals surface area contributed by atoms with E-state index in [0.29, 0.717) is 29.2 Å². The summed E-state index contributed by atoms with van der Waals surface area (Å²) in [6, 6.07) is 3.45. The van der Waals surface area contributed by atoms with Gasteiger partial charge in [-0.3, -0.25) is 9.79 Å². The lowest BCUT2D eigenvalue weighted by atomic mass is 10.0. The van der Waals surface area contributed by atoms with Gasteiger partial charge in [0.2, 0.25) is 6.79 Å². The minimum absolute atomic E-state index is 0.0771. The minimum Gasteiger partial charge on any atom is -0.454 e. The van der Waals surface area contributed by atoms with Crippen molar-refractivity contribution in [3.8, 4) is 11.5 Å². The molecule has 2 aliphatic rings. The Kier molecular flexibility index (Phi) is 1.39. The predicted molar refractivity (Wildman–Crippen MR) is 49.7 cm³/mol. The molecule has 1 aromatic rings. The van der Waals surface area contributed by atoms with Crippen molar-refractivity contribution in [2.24, 2.45) is 4.99 Å². The molecule has 0 spiro atoms. The van der Waals surface area contributed by atoms with Gasteiger partial charge in [0, 0.05) is 24.3 Å². The second kappa shape index (κ2) is 2.57. The van der Waals surface area contributed by atoms with Crippen LogP contribution in [0.3, 0.4) is 0 Å². The lowest BCUT2D eigenvalue weighted by Gasteiger charge is -2.08. The van der Waals surface area contributed by atoms with E-state index in [1.54, 1.807) is 18.3 Å². The van der Waals surface area contributed by atoms with Gasteiger partial charge in [-0.2, -0.15) is 0 Å². The molecule has 2 heterocycles. The summed E-state index contributed by atoms with van der Waals surface area (Å²) in [7, 11) is 0. The largest absolute Gasteiger partial charge is 0.454 e. The van der Waals surface area contributed by atoms with E-state index in [0.717, 1.165) is 0 Å². The fourth-order valence-corrected chi connectivity index (χ4v) is 1.60. The van der Waals surface area contributed by atoms with Crippen molar-refractivity contribution in [3.63, 3.8) is 0 Å². The number of carbonyl (C=O) groups excluding carboxylic acids is 1. The fourth-order valence-electron chi connectivity index (χ4n) is 1.60. The Morgan fingerprint density at radius 2 is 2.00 bits per heavy atom. The number of ether oxygens (including phenoxy) is 2. The summed E-state index contributed by atoms with van der Waals surface area (Å²) in [6.45, 7) is 0.218. The highest BCUT2D eigenvalue weighted by atomic mass is 16.7. The van der Waals surface area contributed by atoms with Crippen LogP contribution in [0.1, 0.15) is 16.8 Å². The molecule has 0 bridgehead atoms. The summed E-state index contributed by atoms with van der Waals surface area (Å²) in [5.41, 5.74) is 1.29. The van der Waals surface area contributed by atoms with E-state index in [2.05, 4.69) is 4.99 Å². The summed E-state index contributed by atoms with van der Waals surface area (Å²) in [6.07, 6.45) is 1.99. The third-order valence-corrected chi connectivity index (χ3v) is 2.30. The maximum atomic E-state index is 11.5. The zero-order chi connectivity index (χ0) is 9.54. The van der Waals surface area contributed by atoms with Gasteiger partial charge in [0.15, 0.2) is 17.3 Å². The number of ketones is 1. The zero-order valence-corrected chi connectivity index (χ0v) is 7.32. The topological polar surface area (TPSA) is 47.9 Å². The Balaban J connectivity index is 2.23. The standard InChI is InChI=1S/C10H7NO3/c12-8-1-2-11-7-4-10-9(3-6(7)8)13-5-14-10/h2-4H,1,5H2. The normalized spacial score (nSPS) is 17.0. The van der Waals surface area contributed by atoms with Gasteiger partial charge in [-0.15, -0.1) is 0 Å². The van der Waals surface area contributed by atoms with Crippen LogP contribution in [0.5, 0.6) is 11.5 Å². The Morgan fingerprint density at radius 1 is 1.21 bits per heavy atom. The third-order valence-electron chi connectivity index (χ3n) is 2.30. The van der Waals surface area contributed by atoms with E-state index >= 15 is 0 Å². The van der Waals surface area contributed by atoms with E-state index in [1.165, 1.54) is 0 Å². The van der Waals surface area contributed by atoms with E-state index in [1.807, 2.05) is 0 Å². The van der Waals surface area contributed by atoms with Crippen molar-refractivity contribution in [1.29, 1.82) is 0 Å². The molecule has 3 rings (SSSR count). The Labute approximate surface area is 80.2 Å². The summed E-state index contributed by atoms with van der Waals surface area (Å²) < 4.78 is 10.4. The van der Waals surface area contributed by atoms with Crippen LogP contribution in [0.25, 0.3) is 0 Å². The summed E-state index contributed by atoms with van der Waals surface area (Å²) >= 11 is 0. The molecule has 14 heavy (non-hydrogen) atoms. The highest BCUT2D eigenvalue weighted by molar-refractivity contribution is 6.10. The van der Waals surface area contributed by atoms with E-state index in [9.17, 15) is 4.79 Å². The van der Waals surface area contributed by atoms with Crippen LogP contribution >= 0.6 is 0 Å². The van der Waals surface area contributed by atoms with Gasteiger partial charge >= 0.3 is 0 Å². The number of aliphatic imine (C=N–C) groups is 1. The first kappa shape index (κ1) is 7.55. The number of hydrogen-bond acceptors (Lipinski definition) is 4. The van der Waals surface area contributed by atoms with Crippen LogP contribution in [0.2, 0.25) is 0 Å². The average molecular weight is 189 g/mol. The maximum Gasteiger partial charge on any atom is 0.231 e. The number of hydrogen-bond donors (Lipinski definition) is 0. The molecule has 4 nitrogen and oxygen atoms in total. The monoisotopic (exact) mass is 189 g/mol. The maximum absolute atomic E-state index is 11.5. The SMILES string of the molecule is O=C1CC=Nc2cc3c(cc21)OCO3. The number of benzene rings is 1. The number of rotatable bonds is 0. The van der Waals surface area contributed by atoms with Crippen molar-refractivity contribution in [1.82, 2.24) is 0 Å². The molecule has 0 N–H and O–H groups in total. The molecular weight excluding hydrogens is 182 g/mol. The number of nitrogens with zero attached hydrogens (tertiary/aromatic N) is 1. The predicted octanol–water partition coefficient (Wildman–Crippen LogP) is 1.70. The fraction of sp³-hybridized carbons (Fsp3) is 0.200. The van der Waals surface area contributed by atoms with Gasteiger partial charge in [0.1, 0.15) is 0 Å². The highest BCUT2D eigenvalue weighted by Gasteiger charge is 2.21. The molecule has 0 atom stereocenters. The molecular formula is C10H7NO3. The first-order valence-electron chi connectivity index (χ1n) is 4.34. The number of fused-ring (bicyclic) bond motifs is 2.